The number of sulfonamides is 1. The molecule has 1 heterocycles. The molecule has 142 valence electrons. The highest BCUT2D eigenvalue weighted by molar-refractivity contribution is 7.89. The summed E-state index contributed by atoms with van der Waals surface area (Å²) in [5.41, 5.74) is 3.11. The Kier molecular flexibility index (Phi) is 4.78. The lowest BCUT2D eigenvalue weighted by Gasteiger charge is -2.32. The number of aryl methyl sites for hydroxylation is 1. The molecule has 1 aliphatic heterocycles. The number of hydrogen-bond acceptors (Lipinski definition) is 3. The number of hydrogen-bond donors (Lipinski definition) is 0. The molecule has 0 saturated carbocycles. The minimum atomic E-state index is -3.61. The van der Waals surface area contributed by atoms with Crippen molar-refractivity contribution >= 4 is 21.6 Å². The van der Waals surface area contributed by atoms with Gasteiger partial charge in [0.05, 0.1) is 4.90 Å². The third kappa shape index (κ3) is 3.28. The van der Waals surface area contributed by atoms with E-state index in [4.69, 9.17) is 0 Å². The molecule has 27 heavy (non-hydrogen) atoms. The zero-order chi connectivity index (χ0) is 19.0. The average molecular weight is 385 g/mol. The summed E-state index contributed by atoms with van der Waals surface area (Å²) in [4.78, 5) is 13.9. The van der Waals surface area contributed by atoms with Crippen LogP contribution in [0.2, 0.25) is 0 Å². The van der Waals surface area contributed by atoms with Crippen LogP contribution in [0.15, 0.2) is 53.4 Å². The second-order valence-electron chi connectivity index (χ2n) is 7.27. The molecule has 1 atom stereocenters. The predicted octanol–water partition coefficient (Wildman–Crippen LogP) is 3.51. The second-order valence-corrected chi connectivity index (χ2v) is 9.27. The summed E-state index contributed by atoms with van der Waals surface area (Å²) in [6, 6.07) is 14.7. The van der Waals surface area contributed by atoms with Crippen molar-refractivity contribution in [2.24, 2.45) is 0 Å². The predicted molar refractivity (Wildman–Crippen MR) is 105 cm³/mol. The first-order valence-electron chi connectivity index (χ1n) is 9.45. The molecule has 0 bridgehead atoms. The summed E-state index contributed by atoms with van der Waals surface area (Å²) >= 11 is 0. The molecule has 1 fully saturated rings. The zero-order valence-electron chi connectivity index (χ0n) is 15.5. The summed E-state index contributed by atoms with van der Waals surface area (Å²) in [5.74, 6) is 0.0986. The molecule has 2 aliphatic rings. The minimum absolute atomic E-state index is 0.0986. The highest BCUT2D eigenvalue weighted by Crippen LogP contribution is 2.36. The van der Waals surface area contributed by atoms with Crippen molar-refractivity contribution in [3.05, 3.63) is 59.7 Å². The van der Waals surface area contributed by atoms with Gasteiger partial charge >= 0.3 is 0 Å². The molecule has 2 aromatic rings. The van der Waals surface area contributed by atoms with E-state index in [1.165, 1.54) is 9.87 Å². The summed E-state index contributed by atoms with van der Waals surface area (Å²) in [5, 5.41) is 0. The summed E-state index contributed by atoms with van der Waals surface area (Å²) in [7, 11) is -1.94. The number of rotatable bonds is 4. The molecule has 0 radical (unpaired) electrons. The maximum Gasteiger partial charge on any atom is 0.243 e. The van der Waals surface area contributed by atoms with Crippen molar-refractivity contribution in [2.45, 2.75) is 43.0 Å². The number of fused-ring (bicyclic) bond motifs is 1. The largest absolute Gasteiger partial charge is 0.312 e. The standard InChI is InChI=1S/C21H24N2O3S/c1-22(20-9-4-7-16-6-2-3-8-19(16)20)27(25,26)18-13-11-17(12-14-18)23-15-5-10-21(23)24/h2-3,6,8,11-14,20H,4-5,7,9-10,15H2,1H3. The summed E-state index contributed by atoms with van der Waals surface area (Å²) < 4.78 is 27.9. The van der Waals surface area contributed by atoms with Crippen LogP contribution in [0.1, 0.15) is 42.9 Å². The van der Waals surface area contributed by atoms with Gasteiger partial charge in [0.15, 0.2) is 0 Å². The quantitative estimate of drug-likeness (QED) is 0.810. The van der Waals surface area contributed by atoms with Gasteiger partial charge < -0.3 is 4.90 Å². The fraction of sp³-hybridized carbons (Fsp3) is 0.381. The number of amides is 1. The molecule has 1 amide bonds. The Balaban J connectivity index is 1.61. The van der Waals surface area contributed by atoms with E-state index in [0.717, 1.165) is 36.9 Å². The summed E-state index contributed by atoms with van der Waals surface area (Å²) in [6.07, 6.45) is 4.22. The first-order valence-corrected chi connectivity index (χ1v) is 10.9. The van der Waals surface area contributed by atoms with E-state index in [9.17, 15) is 13.2 Å². The van der Waals surface area contributed by atoms with Crippen molar-refractivity contribution in [1.29, 1.82) is 0 Å². The Labute approximate surface area is 160 Å². The van der Waals surface area contributed by atoms with Crippen molar-refractivity contribution in [3.8, 4) is 0 Å². The first kappa shape index (κ1) is 18.2. The van der Waals surface area contributed by atoms with E-state index in [-0.39, 0.29) is 16.8 Å². The molecule has 0 N–H and O–H groups in total. The van der Waals surface area contributed by atoms with Gasteiger partial charge in [0.1, 0.15) is 0 Å². The van der Waals surface area contributed by atoms with Gasteiger partial charge in [0.2, 0.25) is 15.9 Å². The maximum atomic E-state index is 13.2. The first-order chi connectivity index (χ1) is 13.0. The molecular weight excluding hydrogens is 360 g/mol. The summed E-state index contributed by atoms with van der Waals surface area (Å²) in [6.45, 7) is 0.698. The third-order valence-corrected chi connectivity index (χ3v) is 7.56. The van der Waals surface area contributed by atoms with Gasteiger partial charge in [0, 0.05) is 31.7 Å². The lowest BCUT2D eigenvalue weighted by Crippen LogP contribution is -2.33. The number of nitrogens with zero attached hydrogens (tertiary/aromatic N) is 2. The van der Waals surface area contributed by atoms with E-state index in [1.54, 1.807) is 36.2 Å². The Bertz CT molecular complexity index is 954. The van der Waals surface area contributed by atoms with Crippen molar-refractivity contribution in [3.63, 3.8) is 0 Å². The van der Waals surface area contributed by atoms with Gasteiger partial charge in [-0.25, -0.2) is 8.42 Å². The van der Waals surface area contributed by atoms with Crippen LogP contribution in [0, 0.1) is 0 Å². The van der Waals surface area contributed by atoms with Crippen LogP contribution >= 0.6 is 0 Å². The lowest BCUT2D eigenvalue weighted by molar-refractivity contribution is -0.117. The minimum Gasteiger partial charge on any atom is -0.312 e. The van der Waals surface area contributed by atoms with E-state index in [0.29, 0.717) is 13.0 Å². The monoisotopic (exact) mass is 384 g/mol. The SMILES string of the molecule is CN(C1CCCc2ccccc21)S(=O)(=O)c1ccc(N2CCCC2=O)cc1. The molecule has 0 aromatic heterocycles. The molecule has 5 nitrogen and oxygen atoms in total. The van der Waals surface area contributed by atoms with Gasteiger partial charge in [-0.05, 0) is 61.1 Å². The fourth-order valence-corrected chi connectivity index (χ4v) is 5.53. The van der Waals surface area contributed by atoms with Crippen LogP contribution in [0.25, 0.3) is 0 Å². The van der Waals surface area contributed by atoms with Gasteiger partial charge in [0.25, 0.3) is 0 Å². The fourth-order valence-electron chi connectivity index (χ4n) is 4.16. The van der Waals surface area contributed by atoms with Crippen LogP contribution in [-0.2, 0) is 21.2 Å². The van der Waals surface area contributed by atoms with Gasteiger partial charge in [-0.1, -0.05) is 24.3 Å². The van der Waals surface area contributed by atoms with Gasteiger partial charge in [-0.15, -0.1) is 0 Å². The van der Waals surface area contributed by atoms with Crippen LogP contribution in [0.3, 0.4) is 0 Å². The molecule has 6 heteroatoms. The maximum absolute atomic E-state index is 13.2. The Morgan fingerprint density at radius 2 is 1.74 bits per heavy atom. The van der Waals surface area contributed by atoms with E-state index in [2.05, 4.69) is 6.07 Å². The zero-order valence-corrected chi connectivity index (χ0v) is 16.3. The van der Waals surface area contributed by atoms with Crippen LogP contribution in [0.4, 0.5) is 5.69 Å². The molecule has 1 unspecified atom stereocenters. The molecule has 4 rings (SSSR count). The Morgan fingerprint density at radius 3 is 2.44 bits per heavy atom. The van der Waals surface area contributed by atoms with E-state index in [1.807, 2.05) is 18.2 Å². The van der Waals surface area contributed by atoms with Gasteiger partial charge in [-0.2, -0.15) is 4.31 Å². The number of carbonyl (C=O) groups is 1. The normalized spacial score (nSPS) is 20.1. The Hall–Kier alpha value is -2.18. The van der Waals surface area contributed by atoms with E-state index >= 15 is 0 Å². The van der Waals surface area contributed by atoms with Crippen molar-refractivity contribution in [2.75, 3.05) is 18.5 Å². The average Bonchev–Trinajstić information content (AvgIpc) is 3.13. The van der Waals surface area contributed by atoms with Crippen LogP contribution in [-0.4, -0.2) is 32.2 Å². The highest BCUT2D eigenvalue weighted by Gasteiger charge is 2.32. The smallest absolute Gasteiger partial charge is 0.243 e. The van der Waals surface area contributed by atoms with Gasteiger partial charge in [-0.3, -0.25) is 4.79 Å². The molecular formula is C21H24N2O3S. The number of anilines is 1. The highest BCUT2D eigenvalue weighted by atomic mass is 32.2. The van der Waals surface area contributed by atoms with E-state index < -0.39 is 10.0 Å². The van der Waals surface area contributed by atoms with Crippen LogP contribution in [0.5, 0.6) is 0 Å². The Morgan fingerprint density at radius 1 is 1.00 bits per heavy atom. The second kappa shape index (κ2) is 7.09. The molecule has 0 spiro atoms. The lowest BCUT2D eigenvalue weighted by atomic mass is 9.88. The molecule has 1 saturated heterocycles. The van der Waals surface area contributed by atoms with Crippen LogP contribution < -0.4 is 4.90 Å². The molecule has 2 aromatic carbocycles. The number of benzene rings is 2. The third-order valence-electron chi connectivity index (χ3n) is 5.68. The van der Waals surface area contributed by atoms with Crippen molar-refractivity contribution in [1.82, 2.24) is 4.31 Å². The van der Waals surface area contributed by atoms with Crippen molar-refractivity contribution < 1.29 is 13.2 Å². The number of carbonyl (C=O) groups excluding carboxylic acids is 1. The topological polar surface area (TPSA) is 57.7 Å². The molecule has 1 aliphatic carbocycles.